The Kier molecular flexibility index (Phi) is 6.38. The summed E-state index contributed by atoms with van der Waals surface area (Å²) in [7, 11) is 0. The van der Waals surface area contributed by atoms with Crippen molar-refractivity contribution in [3.8, 4) is 0 Å². The van der Waals surface area contributed by atoms with Crippen molar-refractivity contribution in [1.29, 1.82) is 0 Å². The molecule has 130 valence electrons. The van der Waals surface area contributed by atoms with Crippen LogP contribution in [0.1, 0.15) is 43.4 Å². The van der Waals surface area contributed by atoms with Gasteiger partial charge >= 0.3 is 6.18 Å². The van der Waals surface area contributed by atoms with Gasteiger partial charge in [0.1, 0.15) is 0 Å². The molecule has 0 aromatic heterocycles. The summed E-state index contributed by atoms with van der Waals surface area (Å²) in [5, 5.41) is 0. The molecule has 1 nitrogen and oxygen atoms in total. The fourth-order valence-electron chi connectivity index (χ4n) is 3.46. The lowest BCUT2D eigenvalue weighted by Crippen LogP contribution is -2.23. The van der Waals surface area contributed by atoms with E-state index in [0.29, 0.717) is 23.3 Å². The van der Waals surface area contributed by atoms with Gasteiger partial charge in [0.05, 0.1) is 5.56 Å². The number of benzene rings is 1. The van der Waals surface area contributed by atoms with Gasteiger partial charge in [0.15, 0.2) is 0 Å². The van der Waals surface area contributed by atoms with Crippen LogP contribution in [0.5, 0.6) is 0 Å². The molecule has 1 aliphatic rings. The highest BCUT2D eigenvalue weighted by molar-refractivity contribution is 6.17. The Hall–Kier alpha value is -0.740. The van der Waals surface area contributed by atoms with Gasteiger partial charge in [-0.2, -0.15) is 13.2 Å². The molecule has 1 saturated heterocycles. The van der Waals surface area contributed by atoms with Gasteiger partial charge in [-0.05, 0) is 53.9 Å². The van der Waals surface area contributed by atoms with E-state index >= 15 is 0 Å². The van der Waals surface area contributed by atoms with Crippen LogP contribution < -0.4 is 0 Å². The smallest absolute Gasteiger partial charge is 0.381 e. The lowest BCUT2D eigenvalue weighted by atomic mass is 9.77. The van der Waals surface area contributed by atoms with Gasteiger partial charge in [-0.25, -0.2) is 0 Å². The molecule has 1 heterocycles. The Bertz CT molecular complexity index is 509. The summed E-state index contributed by atoms with van der Waals surface area (Å²) < 4.78 is 44.0. The average Bonchev–Trinajstić information content (AvgIpc) is 3.05. The number of alkyl halides is 4. The van der Waals surface area contributed by atoms with Crippen LogP contribution in [-0.2, 0) is 23.2 Å². The molecule has 3 unspecified atom stereocenters. The normalized spacial score (nSPS) is 21.4. The van der Waals surface area contributed by atoms with Crippen LogP contribution in [0.4, 0.5) is 13.2 Å². The van der Waals surface area contributed by atoms with Crippen LogP contribution in [0.15, 0.2) is 18.2 Å². The second kappa shape index (κ2) is 7.89. The van der Waals surface area contributed by atoms with Crippen molar-refractivity contribution in [2.24, 2.45) is 17.8 Å². The summed E-state index contributed by atoms with van der Waals surface area (Å²) in [6, 6.07) is 3.96. The van der Waals surface area contributed by atoms with E-state index in [1.54, 1.807) is 6.07 Å². The maximum Gasteiger partial charge on any atom is 0.416 e. The van der Waals surface area contributed by atoms with E-state index in [0.717, 1.165) is 38.0 Å². The topological polar surface area (TPSA) is 9.23 Å². The highest BCUT2D eigenvalue weighted by Crippen LogP contribution is 2.35. The van der Waals surface area contributed by atoms with E-state index in [4.69, 9.17) is 16.3 Å². The maximum atomic E-state index is 12.8. The van der Waals surface area contributed by atoms with E-state index in [1.807, 2.05) is 0 Å². The highest BCUT2D eigenvalue weighted by Gasteiger charge is 2.32. The Morgan fingerprint density at radius 2 is 2.04 bits per heavy atom. The third kappa shape index (κ3) is 4.63. The van der Waals surface area contributed by atoms with Crippen LogP contribution in [0.2, 0.25) is 0 Å². The maximum absolute atomic E-state index is 12.8. The molecule has 0 radical (unpaired) electrons. The van der Waals surface area contributed by atoms with Gasteiger partial charge in [0.25, 0.3) is 0 Å². The van der Waals surface area contributed by atoms with Gasteiger partial charge < -0.3 is 4.74 Å². The zero-order chi connectivity index (χ0) is 17.0. The minimum atomic E-state index is -4.32. The van der Waals surface area contributed by atoms with Crippen LogP contribution in [-0.4, -0.2) is 13.2 Å². The lowest BCUT2D eigenvalue weighted by molar-refractivity contribution is -0.137. The molecule has 23 heavy (non-hydrogen) atoms. The zero-order valence-corrected chi connectivity index (χ0v) is 14.4. The molecule has 0 saturated carbocycles. The quantitative estimate of drug-likeness (QED) is 0.600. The van der Waals surface area contributed by atoms with Crippen LogP contribution in [0.3, 0.4) is 0 Å². The summed E-state index contributed by atoms with van der Waals surface area (Å²) >= 11 is 5.90. The molecule has 5 heteroatoms. The molecule has 0 bridgehead atoms. The lowest BCUT2D eigenvalue weighted by Gasteiger charge is -2.28. The van der Waals surface area contributed by atoms with Crippen molar-refractivity contribution in [3.63, 3.8) is 0 Å². The summed E-state index contributed by atoms with van der Waals surface area (Å²) in [6.07, 6.45) is -1.47. The molecule has 1 aromatic carbocycles. The van der Waals surface area contributed by atoms with Crippen molar-refractivity contribution in [2.75, 3.05) is 13.2 Å². The standard InChI is InChI=1S/C18H24ClF3O/c1-3-13(12(2)15-6-7-23-11-15)8-14-4-5-17(18(20,21)22)9-16(14)10-19/h4-5,9,12-13,15H,3,6-8,10-11H2,1-2H3. The first-order chi connectivity index (χ1) is 10.9. The van der Waals surface area contributed by atoms with Crippen LogP contribution >= 0.6 is 11.6 Å². The average molecular weight is 349 g/mol. The Morgan fingerprint density at radius 1 is 1.30 bits per heavy atom. The monoisotopic (exact) mass is 348 g/mol. The van der Waals surface area contributed by atoms with E-state index < -0.39 is 11.7 Å². The minimum Gasteiger partial charge on any atom is -0.381 e. The zero-order valence-electron chi connectivity index (χ0n) is 13.6. The fraction of sp³-hybridized carbons (Fsp3) is 0.667. The minimum absolute atomic E-state index is 0.108. The molecule has 3 atom stereocenters. The van der Waals surface area contributed by atoms with Crippen LogP contribution in [0.25, 0.3) is 0 Å². The van der Waals surface area contributed by atoms with Gasteiger partial charge in [-0.3, -0.25) is 0 Å². The molecular formula is C18H24ClF3O. The highest BCUT2D eigenvalue weighted by atomic mass is 35.5. The van der Waals surface area contributed by atoms with Crippen molar-refractivity contribution in [2.45, 2.75) is 45.2 Å². The van der Waals surface area contributed by atoms with Crippen molar-refractivity contribution in [3.05, 3.63) is 34.9 Å². The molecule has 2 rings (SSSR count). The van der Waals surface area contributed by atoms with Crippen molar-refractivity contribution >= 4 is 11.6 Å². The Balaban J connectivity index is 2.16. The summed E-state index contributed by atoms with van der Waals surface area (Å²) in [4.78, 5) is 0. The molecule has 0 spiro atoms. The number of hydrogen-bond acceptors (Lipinski definition) is 1. The molecule has 1 aliphatic heterocycles. The number of hydrogen-bond donors (Lipinski definition) is 0. The first-order valence-electron chi connectivity index (χ1n) is 8.19. The van der Waals surface area contributed by atoms with E-state index in [2.05, 4.69) is 13.8 Å². The predicted octanol–water partition coefficient (Wildman–Crippen LogP) is 5.69. The van der Waals surface area contributed by atoms with Crippen molar-refractivity contribution < 1.29 is 17.9 Å². The van der Waals surface area contributed by atoms with Crippen LogP contribution in [0, 0.1) is 17.8 Å². The summed E-state index contributed by atoms with van der Waals surface area (Å²) in [6.45, 7) is 5.99. The molecule has 1 fully saturated rings. The Morgan fingerprint density at radius 3 is 2.57 bits per heavy atom. The predicted molar refractivity (Wildman–Crippen MR) is 86.6 cm³/mol. The Labute approximate surface area is 141 Å². The second-order valence-electron chi connectivity index (χ2n) is 6.47. The summed E-state index contributed by atoms with van der Waals surface area (Å²) in [5.41, 5.74) is 0.905. The molecule has 1 aromatic rings. The second-order valence-corrected chi connectivity index (χ2v) is 6.74. The summed E-state index contributed by atoms with van der Waals surface area (Å²) in [5.74, 6) is 1.58. The van der Waals surface area contributed by atoms with Gasteiger partial charge in [0.2, 0.25) is 0 Å². The third-order valence-corrected chi connectivity index (χ3v) is 5.42. The van der Waals surface area contributed by atoms with E-state index in [9.17, 15) is 13.2 Å². The van der Waals surface area contributed by atoms with Gasteiger partial charge in [-0.15, -0.1) is 11.6 Å². The third-order valence-electron chi connectivity index (χ3n) is 5.14. The van der Waals surface area contributed by atoms with Gasteiger partial charge in [-0.1, -0.05) is 26.3 Å². The number of ether oxygens (including phenoxy) is 1. The molecule has 0 aliphatic carbocycles. The fourth-order valence-corrected chi connectivity index (χ4v) is 3.71. The molecule has 0 amide bonds. The SMILES string of the molecule is CCC(Cc1ccc(C(F)(F)F)cc1CCl)C(C)C1CCOC1. The number of rotatable bonds is 6. The largest absolute Gasteiger partial charge is 0.416 e. The molecular weight excluding hydrogens is 325 g/mol. The number of halogens is 4. The molecule has 0 N–H and O–H groups in total. The van der Waals surface area contributed by atoms with Gasteiger partial charge in [0, 0.05) is 19.1 Å². The van der Waals surface area contributed by atoms with Crippen molar-refractivity contribution in [1.82, 2.24) is 0 Å². The van der Waals surface area contributed by atoms with E-state index in [-0.39, 0.29) is 5.88 Å². The first kappa shape index (κ1) is 18.6. The first-order valence-corrected chi connectivity index (χ1v) is 8.73. The van der Waals surface area contributed by atoms with E-state index in [1.165, 1.54) is 12.1 Å².